The maximum Gasteiger partial charge on any atom is 0.223 e. The summed E-state index contributed by atoms with van der Waals surface area (Å²) in [4.78, 5) is 37.8. The summed E-state index contributed by atoms with van der Waals surface area (Å²) in [6.45, 7) is 2.75. The van der Waals surface area contributed by atoms with Gasteiger partial charge in [-0.1, -0.05) is 37.3 Å². The number of hydrogen-bond acceptors (Lipinski definition) is 4. The molecule has 0 saturated carbocycles. The zero-order valence-electron chi connectivity index (χ0n) is 16.4. The van der Waals surface area contributed by atoms with Gasteiger partial charge in [-0.2, -0.15) is 0 Å². The summed E-state index contributed by atoms with van der Waals surface area (Å²) >= 11 is 0. The number of aryl methyl sites for hydroxylation is 1. The van der Waals surface area contributed by atoms with Crippen LogP contribution in [0.3, 0.4) is 0 Å². The van der Waals surface area contributed by atoms with Crippen LogP contribution in [-0.2, 0) is 25.5 Å². The molecule has 1 aromatic carbocycles. The van der Waals surface area contributed by atoms with Crippen molar-refractivity contribution in [2.45, 2.75) is 26.2 Å². The Balaban J connectivity index is 2.70. The third kappa shape index (κ3) is 8.68. The molecule has 0 aliphatic rings. The SMILES string of the molecule is COCCN(C)C(=O)C[C@@H](CCc1ccccc1)C(=O)NC[C@@H](C)C(N)=O. The minimum Gasteiger partial charge on any atom is -0.383 e. The first-order chi connectivity index (χ1) is 12.8. The molecule has 0 fully saturated rings. The quantitative estimate of drug-likeness (QED) is 0.567. The molecule has 3 N–H and O–H groups in total. The molecule has 7 nitrogen and oxygen atoms in total. The van der Waals surface area contributed by atoms with E-state index in [0.717, 1.165) is 5.56 Å². The molecular formula is C20H31N3O4. The van der Waals surface area contributed by atoms with E-state index in [1.807, 2.05) is 30.3 Å². The van der Waals surface area contributed by atoms with Crippen molar-refractivity contribution < 1.29 is 19.1 Å². The average Bonchev–Trinajstić information content (AvgIpc) is 2.67. The predicted octanol–water partition coefficient (Wildman–Crippen LogP) is 0.968. The summed E-state index contributed by atoms with van der Waals surface area (Å²) in [6, 6.07) is 9.83. The van der Waals surface area contributed by atoms with Crippen LogP contribution in [0.1, 0.15) is 25.3 Å². The highest BCUT2D eigenvalue weighted by atomic mass is 16.5. The number of amides is 3. The number of ether oxygens (including phenoxy) is 1. The highest BCUT2D eigenvalue weighted by Crippen LogP contribution is 2.15. The maximum atomic E-state index is 12.6. The fraction of sp³-hybridized carbons (Fsp3) is 0.550. The molecule has 1 aromatic rings. The first kappa shape index (κ1) is 22.6. The zero-order chi connectivity index (χ0) is 20.2. The van der Waals surface area contributed by atoms with Gasteiger partial charge in [-0.25, -0.2) is 0 Å². The Morgan fingerprint density at radius 3 is 2.48 bits per heavy atom. The molecule has 0 unspecified atom stereocenters. The maximum absolute atomic E-state index is 12.6. The monoisotopic (exact) mass is 377 g/mol. The van der Waals surface area contributed by atoms with Crippen molar-refractivity contribution in [2.75, 3.05) is 33.9 Å². The molecule has 0 saturated heterocycles. The Bertz CT molecular complexity index is 607. The predicted molar refractivity (Wildman–Crippen MR) is 104 cm³/mol. The van der Waals surface area contributed by atoms with E-state index in [4.69, 9.17) is 10.5 Å². The van der Waals surface area contributed by atoms with Crippen LogP contribution < -0.4 is 11.1 Å². The average molecular weight is 377 g/mol. The Kier molecular flexibility index (Phi) is 10.1. The lowest BCUT2D eigenvalue weighted by atomic mass is 9.94. The number of nitrogens with zero attached hydrogens (tertiary/aromatic N) is 1. The van der Waals surface area contributed by atoms with Crippen LogP contribution in [0.5, 0.6) is 0 Å². The molecular weight excluding hydrogens is 346 g/mol. The van der Waals surface area contributed by atoms with Gasteiger partial charge in [-0.3, -0.25) is 14.4 Å². The van der Waals surface area contributed by atoms with E-state index in [1.54, 1.807) is 26.0 Å². The second-order valence-electron chi connectivity index (χ2n) is 6.78. The van der Waals surface area contributed by atoms with Gasteiger partial charge in [0, 0.05) is 39.6 Å². The molecule has 0 aliphatic carbocycles. The Morgan fingerprint density at radius 2 is 1.89 bits per heavy atom. The fourth-order valence-electron chi connectivity index (χ4n) is 2.53. The molecule has 0 aromatic heterocycles. The first-order valence-corrected chi connectivity index (χ1v) is 9.19. The number of nitrogens with two attached hydrogens (primary N) is 1. The third-order valence-corrected chi connectivity index (χ3v) is 4.54. The topological polar surface area (TPSA) is 102 Å². The molecule has 2 atom stereocenters. The number of carbonyl (C=O) groups is 3. The third-order valence-electron chi connectivity index (χ3n) is 4.54. The van der Waals surface area contributed by atoms with E-state index in [2.05, 4.69) is 5.32 Å². The molecule has 3 amide bonds. The van der Waals surface area contributed by atoms with Crippen LogP contribution in [-0.4, -0.2) is 56.5 Å². The standard InChI is InChI=1S/C20H31N3O4/c1-15(19(21)25)14-22-20(26)17(10-9-16-7-5-4-6-8-16)13-18(24)23(2)11-12-27-3/h4-8,15,17H,9-14H2,1-3H3,(H2,21,25)(H,22,26)/t15-,17-/m1/s1. The molecule has 0 heterocycles. The highest BCUT2D eigenvalue weighted by molar-refractivity contribution is 5.86. The number of nitrogens with one attached hydrogen (secondary N) is 1. The number of benzene rings is 1. The number of methoxy groups -OCH3 is 1. The van der Waals surface area contributed by atoms with Gasteiger partial charge in [0.15, 0.2) is 0 Å². The molecule has 0 spiro atoms. The molecule has 150 valence electrons. The van der Waals surface area contributed by atoms with Crippen molar-refractivity contribution in [3.63, 3.8) is 0 Å². The van der Waals surface area contributed by atoms with Crippen LogP contribution in [0.15, 0.2) is 30.3 Å². The number of carbonyl (C=O) groups excluding carboxylic acids is 3. The van der Waals surface area contributed by atoms with Gasteiger partial charge >= 0.3 is 0 Å². The Labute approximate surface area is 161 Å². The molecule has 0 aliphatic heterocycles. The summed E-state index contributed by atoms with van der Waals surface area (Å²) in [5.74, 6) is -1.73. The molecule has 0 radical (unpaired) electrons. The van der Waals surface area contributed by atoms with Gasteiger partial charge in [-0.05, 0) is 18.4 Å². The fourth-order valence-corrected chi connectivity index (χ4v) is 2.53. The van der Waals surface area contributed by atoms with Crippen molar-refractivity contribution in [2.24, 2.45) is 17.6 Å². The van der Waals surface area contributed by atoms with Crippen molar-refractivity contribution in [1.29, 1.82) is 0 Å². The van der Waals surface area contributed by atoms with E-state index in [-0.39, 0.29) is 24.8 Å². The summed E-state index contributed by atoms with van der Waals surface area (Å²) in [5, 5.41) is 2.75. The van der Waals surface area contributed by atoms with E-state index < -0.39 is 17.7 Å². The normalized spacial score (nSPS) is 12.9. The lowest BCUT2D eigenvalue weighted by Crippen LogP contribution is -2.40. The minimum atomic E-state index is -0.470. The highest BCUT2D eigenvalue weighted by Gasteiger charge is 2.24. The van der Waals surface area contributed by atoms with Crippen molar-refractivity contribution in [3.8, 4) is 0 Å². The van der Waals surface area contributed by atoms with Crippen molar-refractivity contribution in [3.05, 3.63) is 35.9 Å². The van der Waals surface area contributed by atoms with Gasteiger partial charge in [0.25, 0.3) is 0 Å². The molecule has 27 heavy (non-hydrogen) atoms. The van der Waals surface area contributed by atoms with Gasteiger partial charge in [-0.15, -0.1) is 0 Å². The van der Waals surface area contributed by atoms with Gasteiger partial charge in [0.1, 0.15) is 0 Å². The van der Waals surface area contributed by atoms with Crippen LogP contribution in [0.25, 0.3) is 0 Å². The van der Waals surface area contributed by atoms with Crippen LogP contribution in [0.4, 0.5) is 0 Å². The van der Waals surface area contributed by atoms with Crippen LogP contribution >= 0.6 is 0 Å². The van der Waals surface area contributed by atoms with Gasteiger partial charge < -0.3 is 20.7 Å². The molecule has 1 rings (SSSR count). The van der Waals surface area contributed by atoms with E-state index in [1.165, 1.54) is 0 Å². The number of primary amides is 1. The summed E-state index contributed by atoms with van der Waals surface area (Å²) in [7, 11) is 3.27. The number of likely N-dealkylation sites (N-methyl/N-ethyl adjacent to an activating group) is 1. The Hall–Kier alpha value is -2.41. The Morgan fingerprint density at radius 1 is 1.22 bits per heavy atom. The van der Waals surface area contributed by atoms with Crippen LogP contribution in [0.2, 0.25) is 0 Å². The van der Waals surface area contributed by atoms with E-state index >= 15 is 0 Å². The number of rotatable bonds is 12. The lowest BCUT2D eigenvalue weighted by molar-refractivity contribution is -0.136. The van der Waals surface area contributed by atoms with E-state index in [9.17, 15) is 14.4 Å². The first-order valence-electron chi connectivity index (χ1n) is 9.19. The minimum absolute atomic E-state index is 0.108. The van der Waals surface area contributed by atoms with Crippen LogP contribution in [0, 0.1) is 11.8 Å². The second-order valence-corrected chi connectivity index (χ2v) is 6.78. The lowest BCUT2D eigenvalue weighted by Gasteiger charge is -2.22. The molecule has 0 bridgehead atoms. The van der Waals surface area contributed by atoms with E-state index in [0.29, 0.717) is 26.0 Å². The van der Waals surface area contributed by atoms with Crippen molar-refractivity contribution in [1.82, 2.24) is 10.2 Å². The largest absolute Gasteiger partial charge is 0.383 e. The summed E-state index contributed by atoms with van der Waals surface area (Å²) < 4.78 is 4.99. The zero-order valence-corrected chi connectivity index (χ0v) is 16.4. The molecule has 7 heteroatoms. The number of hydrogen-bond donors (Lipinski definition) is 2. The summed E-state index contributed by atoms with van der Waals surface area (Å²) in [6.07, 6.45) is 1.36. The smallest absolute Gasteiger partial charge is 0.223 e. The van der Waals surface area contributed by atoms with Gasteiger partial charge in [0.2, 0.25) is 17.7 Å². The summed E-state index contributed by atoms with van der Waals surface area (Å²) in [5.41, 5.74) is 6.35. The second kappa shape index (κ2) is 12.1. The van der Waals surface area contributed by atoms with Gasteiger partial charge in [0.05, 0.1) is 12.5 Å². The van der Waals surface area contributed by atoms with Crippen molar-refractivity contribution >= 4 is 17.7 Å².